The lowest BCUT2D eigenvalue weighted by atomic mass is 9.92. The largest absolute Gasteiger partial charge is 0.393 e. The van der Waals surface area contributed by atoms with E-state index < -0.39 is 0 Å². The van der Waals surface area contributed by atoms with Crippen LogP contribution in [0.3, 0.4) is 0 Å². The first kappa shape index (κ1) is 19.4. The number of anilines is 1. The minimum atomic E-state index is -0.328. The van der Waals surface area contributed by atoms with E-state index in [0.717, 1.165) is 35.9 Å². The molecule has 2 atom stereocenters. The van der Waals surface area contributed by atoms with E-state index in [9.17, 15) is 9.90 Å². The Labute approximate surface area is 179 Å². The van der Waals surface area contributed by atoms with Gasteiger partial charge >= 0.3 is 0 Å². The van der Waals surface area contributed by atoms with Gasteiger partial charge in [0.15, 0.2) is 0 Å². The number of amides is 1. The van der Waals surface area contributed by atoms with Crippen LogP contribution >= 0.6 is 0 Å². The second kappa shape index (κ2) is 7.96. The molecule has 8 nitrogen and oxygen atoms in total. The highest BCUT2D eigenvalue weighted by Crippen LogP contribution is 2.34. The second-order valence-electron chi connectivity index (χ2n) is 8.05. The summed E-state index contributed by atoms with van der Waals surface area (Å²) in [6, 6.07) is 11.4. The molecule has 2 N–H and O–H groups in total. The predicted octanol–water partition coefficient (Wildman–Crippen LogP) is 3.56. The van der Waals surface area contributed by atoms with Crippen LogP contribution in [0.15, 0.2) is 55.0 Å². The summed E-state index contributed by atoms with van der Waals surface area (Å²) in [7, 11) is 1.84. The number of pyridine rings is 1. The van der Waals surface area contributed by atoms with Gasteiger partial charge in [0, 0.05) is 36.6 Å². The number of benzene rings is 1. The molecule has 0 unspecified atom stereocenters. The van der Waals surface area contributed by atoms with Crippen LogP contribution < -0.4 is 5.32 Å². The maximum Gasteiger partial charge on any atom is 0.258 e. The molecule has 0 bridgehead atoms. The highest BCUT2D eigenvalue weighted by Gasteiger charge is 2.26. The van der Waals surface area contributed by atoms with Crippen molar-refractivity contribution in [2.45, 2.75) is 37.8 Å². The van der Waals surface area contributed by atoms with E-state index in [1.54, 1.807) is 29.2 Å². The number of aryl methyl sites for hydroxylation is 1. The minimum Gasteiger partial charge on any atom is -0.393 e. The maximum atomic E-state index is 13.1. The summed E-state index contributed by atoms with van der Waals surface area (Å²) in [5.41, 5.74) is 3.81. The molecule has 0 radical (unpaired) electrons. The van der Waals surface area contributed by atoms with Crippen molar-refractivity contribution in [1.29, 1.82) is 0 Å². The zero-order valence-corrected chi connectivity index (χ0v) is 17.3. The third-order valence-corrected chi connectivity index (χ3v) is 5.83. The zero-order valence-electron chi connectivity index (χ0n) is 17.3. The Bertz CT molecular complexity index is 1240. The summed E-state index contributed by atoms with van der Waals surface area (Å²) in [4.78, 5) is 22.2. The van der Waals surface area contributed by atoms with Crippen LogP contribution in [0.5, 0.6) is 0 Å². The standard InChI is InChI=1S/C23H24N6O2/c1-28-14-16(13-25-28)20-11-15(9-10-24-20)22(31)27-23-26-19-7-2-3-8-21(19)29(23)17-5-4-6-18(30)12-17/h2-3,7-11,13-14,17-18,30H,4-6,12H2,1H3,(H,26,27,31)/t17-,18-/m0/s1. The number of aliphatic hydroxyl groups excluding tert-OH is 1. The maximum absolute atomic E-state index is 13.1. The monoisotopic (exact) mass is 416 g/mol. The molecule has 1 amide bonds. The number of carbonyl (C=O) groups excluding carboxylic acids is 1. The van der Waals surface area contributed by atoms with Gasteiger partial charge in [0.2, 0.25) is 5.95 Å². The first-order valence-electron chi connectivity index (χ1n) is 10.5. The molecule has 31 heavy (non-hydrogen) atoms. The number of rotatable bonds is 4. The lowest BCUT2D eigenvalue weighted by molar-refractivity contribution is 0.101. The van der Waals surface area contributed by atoms with Gasteiger partial charge in [-0.05, 0) is 49.9 Å². The van der Waals surface area contributed by atoms with Crippen LogP contribution in [0, 0.1) is 0 Å². The Balaban J connectivity index is 1.48. The number of imidazole rings is 1. The number of hydrogen-bond acceptors (Lipinski definition) is 5. The summed E-state index contributed by atoms with van der Waals surface area (Å²) in [5, 5.41) is 17.4. The van der Waals surface area contributed by atoms with Gasteiger partial charge in [0.1, 0.15) is 0 Å². The number of aliphatic hydroxyl groups is 1. The molecular formula is C23H24N6O2. The fourth-order valence-electron chi connectivity index (χ4n) is 4.33. The molecule has 0 aliphatic heterocycles. The van der Waals surface area contributed by atoms with Crippen LogP contribution in [-0.2, 0) is 7.05 Å². The number of para-hydroxylation sites is 2. The van der Waals surface area contributed by atoms with Crippen molar-refractivity contribution >= 4 is 22.9 Å². The highest BCUT2D eigenvalue weighted by molar-refractivity contribution is 6.04. The molecule has 4 aromatic rings. The Morgan fingerprint density at radius 3 is 2.90 bits per heavy atom. The zero-order chi connectivity index (χ0) is 21.4. The van der Waals surface area contributed by atoms with Gasteiger partial charge in [-0.2, -0.15) is 5.10 Å². The quantitative estimate of drug-likeness (QED) is 0.530. The summed E-state index contributed by atoms with van der Waals surface area (Å²) >= 11 is 0. The van der Waals surface area contributed by atoms with Gasteiger partial charge in [-0.25, -0.2) is 4.98 Å². The summed E-state index contributed by atoms with van der Waals surface area (Å²) in [6.45, 7) is 0. The van der Waals surface area contributed by atoms with Crippen molar-refractivity contribution in [3.05, 3.63) is 60.6 Å². The minimum absolute atomic E-state index is 0.0924. The van der Waals surface area contributed by atoms with Gasteiger partial charge in [0.25, 0.3) is 5.91 Å². The van der Waals surface area contributed by atoms with Crippen molar-refractivity contribution in [2.75, 3.05) is 5.32 Å². The Morgan fingerprint density at radius 1 is 1.23 bits per heavy atom. The van der Waals surface area contributed by atoms with Gasteiger partial charge in [-0.15, -0.1) is 0 Å². The molecule has 158 valence electrons. The highest BCUT2D eigenvalue weighted by atomic mass is 16.3. The summed E-state index contributed by atoms with van der Waals surface area (Å²) < 4.78 is 3.77. The molecule has 0 spiro atoms. The van der Waals surface area contributed by atoms with Gasteiger partial charge in [0.05, 0.1) is 29.0 Å². The lowest BCUT2D eigenvalue weighted by Crippen LogP contribution is -2.25. The topological polar surface area (TPSA) is 97.9 Å². The number of carbonyl (C=O) groups is 1. The van der Waals surface area contributed by atoms with Crippen LogP contribution in [0.2, 0.25) is 0 Å². The SMILES string of the molecule is Cn1cc(-c2cc(C(=O)Nc3nc4ccccc4n3[C@H]3CCC[C@H](O)C3)ccn2)cn1. The Hall–Kier alpha value is -3.52. The van der Waals surface area contributed by atoms with E-state index in [1.807, 2.05) is 37.5 Å². The number of fused-ring (bicyclic) bond motifs is 1. The van der Waals surface area contributed by atoms with Crippen molar-refractivity contribution in [2.24, 2.45) is 7.05 Å². The number of hydrogen-bond donors (Lipinski definition) is 2. The molecule has 1 fully saturated rings. The second-order valence-corrected chi connectivity index (χ2v) is 8.05. The summed E-state index contributed by atoms with van der Waals surface area (Å²) in [5.74, 6) is 0.255. The van der Waals surface area contributed by atoms with E-state index in [0.29, 0.717) is 23.6 Å². The number of nitrogens with zero attached hydrogens (tertiary/aromatic N) is 5. The van der Waals surface area contributed by atoms with Gasteiger partial charge < -0.3 is 9.67 Å². The van der Waals surface area contributed by atoms with Crippen LogP contribution in [0.4, 0.5) is 5.95 Å². The smallest absolute Gasteiger partial charge is 0.258 e. The van der Waals surface area contributed by atoms with Crippen molar-refractivity contribution in [1.82, 2.24) is 24.3 Å². The molecule has 0 saturated heterocycles. The molecule has 1 aromatic carbocycles. The predicted molar refractivity (Wildman–Crippen MR) is 118 cm³/mol. The molecule has 3 heterocycles. The average Bonchev–Trinajstić information content (AvgIpc) is 3.37. The molecule has 5 rings (SSSR count). The molecule has 8 heteroatoms. The van der Waals surface area contributed by atoms with Crippen molar-refractivity contribution in [3.63, 3.8) is 0 Å². The van der Waals surface area contributed by atoms with Crippen molar-refractivity contribution < 1.29 is 9.90 Å². The molecule has 3 aromatic heterocycles. The van der Waals surface area contributed by atoms with E-state index in [1.165, 1.54) is 0 Å². The average molecular weight is 416 g/mol. The first-order valence-corrected chi connectivity index (χ1v) is 10.5. The van der Waals surface area contributed by atoms with Gasteiger partial charge in [-0.3, -0.25) is 19.8 Å². The molecule has 1 saturated carbocycles. The van der Waals surface area contributed by atoms with E-state index in [2.05, 4.69) is 25.0 Å². The third kappa shape index (κ3) is 3.82. The van der Waals surface area contributed by atoms with E-state index >= 15 is 0 Å². The van der Waals surface area contributed by atoms with Crippen LogP contribution in [0.1, 0.15) is 42.1 Å². The number of nitrogens with one attached hydrogen (secondary N) is 1. The van der Waals surface area contributed by atoms with Crippen molar-refractivity contribution in [3.8, 4) is 11.3 Å². The summed E-state index contributed by atoms with van der Waals surface area (Å²) in [6.07, 6.45) is 8.24. The van der Waals surface area contributed by atoms with Gasteiger partial charge in [-0.1, -0.05) is 12.1 Å². The van der Waals surface area contributed by atoms with Crippen LogP contribution in [-0.4, -0.2) is 41.4 Å². The number of aromatic nitrogens is 5. The molecule has 1 aliphatic rings. The normalized spacial score (nSPS) is 18.9. The van der Waals surface area contributed by atoms with E-state index in [-0.39, 0.29) is 18.1 Å². The molecular weight excluding hydrogens is 392 g/mol. The lowest BCUT2D eigenvalue weighted by Gasteiger charge is -2.28. The van der Waals surface area contributed by atoms with Crippen LogP contribution in [0.25, 0.3) is 22.3 Å². The fraction of sp³-hybridized carbons (Fsp3) is 0.304. The first-order chi connectivity index (χ1) is 15.1. The fourth-order valence-corrected chi connectivity index (χ4v) is 4.33. The molecule has 1 aliphatic carbocycles. The third-order valence-electron chi connectivity index (χ3n) is 5.83. The Morgan fingerprint density at radius 2 is 2.10 bits per heavy atom. The Kier molecular flexibility index (Phi) is 4.99. The van der Waals surface area contributed by atoms with E-state index in [4.69, 9.17) is 0 Å².